The first-order valence-electron chi connectivity index (χ1n) is 10.8. The van der Waals surface area contributed by atoms with Gasteiger partial charge in [0.15, 0.2) is 0 Å². The highest BCUT2D eigenvalue weighted by molar-refractivity contribution is 7.99. The van der Waals surface area contributed by atoms with E-state index in [4.69, 9.17) is 5.10 Å². The Hall–Kier alpha value is -3.66. The van der Waals surface area contributed by atoms with Gasteiger partial charge in [0.2, 0.25) is 0 Å². The third-order valence-electron chi connectivity index (χ3n) is 6.21. The maximum absolute atomic E-state index is 9.62. The van der Waals surface area contributed by atoms with Crippen molar-refractivity contribution in [1.29, 1.82) is 10.5 Å². The first kappa shape index (κ1) is 21.2. The summed E-state index contributed by atoms with van der Waals surface area (Å²) >= 11 is 1.45. The molecule has 1 aliphatic heterocycles. The van der Waals surface area contributed by atoms with Crippen molar-refractivity contribution in [2.45, 2.75) is 35.6 Å². The lowest BCUT2D eigenvalue weighted by Crippen LogP contribution is -2.32. The monoisotopic (exact) mass is 454 g/mol. The van der Waals surface area contributed by atoms with E-state index in [9.17, 15) is 10.5 Å². The largest absolute Gasteiger partial charge is 0.306 e. The number of fused-ring (bicyclic) bond motifs is 1. The van der Waals surface area contributed by atoms with Crippen LogP contribution in [0.1, 0.15) is 35.7 Å². The first-order chi connectivity index (χ1) is 16.1. The third-order valence-corrected chi connectivity index (χ3v) is 7.32. The Morgan fingerprint density at radius 3 is 2.58 bits per heavy atom. The molecule has 1 fully saturated rings. The number of aromatic nitrogens is 5. The normalized spacial score (nSPS) is 14.9. The van der Waals surface area contributed by atoms with Crippen LogP contribution in [-0.2, 0) is 0 Å². The summed E-state index contributed by atoms with van der Waals surface area (Å²) in [6.07, 6.45) is 10.8. The van der Waals surface area contributed by atoms with Crippen LogP contribution >= 0.6 is 11.8 Å². The van der Waals surface area contributed by atoms with E-state index in [2.05, 4.69) is 51.8 Å². The van der Waals surface area contributed by atoms with E-state index in [1.807, 2.05) is 18.5 Å². The molecule has 164 valence electrons. The zero-order valence-corrected chi connectivity index (χ0v) is 19.2. The van der Waals surface area contributed by atoms with E-state index in [0.29, 0.717) is 17.2 Å². The Morgan fingerprint density at radius 2 is 1.82 bits per heavy atom. The minimum atomic E-state index is 0.400. The predicted octanol–water partition coefficient (Wildman–Crippen LogP) is 4.06. The maximum Gasteiger partial charge on any atom is 0.103 e. The molecular weight excluding hydrogens is 432 g/mol. The standard InChI is InChI=1S/C24H22N8S/c1-16-21(14-29-32(16)20-4-7-30(2)8-5-20)17-9-23(24-19(11-26)13-28-31(24)15-17)33-22-3-6-27-12-18(22)10-25/h3,6,9,12-15,20H,4-5,7-8H2,1-2H3. The van der Waals surface area contributed by atoms with Gasteiger partial charge in [0, 0.05) is 45.2 Å². The molecule has 33 heavy (non-hydrogen) atoms. The Morgan fingerprint density at radius 1 is 1.03 bits per heavy atom. The molecule has 0 bridgehead atoms. The summed E-state index contributed by atoms with van der Waals surface area (Å²) in [6.45, 7) is 4.25. The molecule has 0 atom stereocenters. The topological polar surface area (TPSA) is 98.8 Å². The van der Waals surface area contributed by atoms with Crippen molar-refractivity contribution < 1.29 is 0 Å². The lowest BCUT2D eigenvalue weighted by atomic mass is 10.0. The van der Waals surface area contributed by atoms with Gasteiger partial charge in [-0.25, -0.2) is 4.52 Å². The summed E-state index contributed by atoms with van der Waals surface area (Å²) in [5.41, 5.74) is 4.86. The van der Waals surface area contributed by atoms with Crippen LogP contribution in [0.15, 0.2) is 52.9 Å². The average Bonchev–Trinajstić information content (AvgIpc) is 3.43. The zero-order valence-electron chi connectivity index (χ0n) is 18.4. The van der Waals surface area contributed by atoms with Crippen molar-refractivity contribution in [2.75, 3.05) is 20.1 Å². The van der Waals surface area contributed by atoms with Crippen LogP contribution in [0.4, 0.5) is 0 Å². The van der Waals surface area contributed by atoms with Crippen molar-refractivity contribution in [3.63, 3.8) is 0 Å². The lowest BCUT2D eigenvalue weighted by molar-refractivity contribution is 0.210. The van der Waals surface area contributed by atoms with E-state index in [1.165, 1.54) is 11.8 Å². The maximum atomic E-state index is 9.62. The fourth-order valence-corrected chi connectivity index (χ4v) is 5.44. The van der Waals surface area contributed by atoms with E-state index < -0.39 is 0 Å². The molecule has 5 rings (SSSR count). The van der Waals surface area contributed by atoms with E-state index in [0.717, 1.165) is 58.1 Å². The van der Waals surface area contributed by atoms with Gasteiger partial charge in [-0.3, -0.25) is 9.67 Å². The van der Waals surface area contributed by atoms with Gasteiger partial charge in [0.05, 0.1) is 35.1 Å². The Labute approximate surface area is 196 Å². The molecule has 9 heteroatoms. The molecule has 8 nitrogen and oxygen atoms in total. The highest BCUT2D eigenvalue weighted by atomic mass is 32.2. The molecule has 0 aliphatic carbocycles. The van der Waals surface area contributed by atoms with Crippen LogP contribution in [-0.4, -0.2) is 49.4 Å². The second-order valence-electron chi connectivity index (χ2n) is 8.26. The van der Waals surface area contributed by atoms with Gasteiger partial charge < -0.3 is 4.90 Å². The molecule has 5 heterocycles. The van der Waals surface area contributed by atoms with Crippen LogP contribution in [0.25, 0.3) is 16.6 Å². The van der Waals surface area contributed by atoms with Gasteiger partial charge in [0.1, 0.15) is 12.1 Å². The predicted molar refractivity (Wildman–Crippen MR) is 125 cm³/mol. The van der Waals surface area contributed by atoms with Crippen LogP contribution in [0.2, 0.25) is 0 Å². The molecule has 1 saturated heterocycles. The lowest BCUT2D eigenvalue weighted by Gasteiger charge is -2.29. The molecule has 0 N–H and O–H groups in total. The number of nitriles is 2. The van der Waals surface area contributed by atoms with Crippen molar-refractivity contribution in [1.82, 2.24) is 29.3 Å². The number of pyridine rings is 2. The Bertz CT molecular complexity index is 1410. The first-order valence-corrected chi connectivity index (χ1v) is 11.6. The van der Waals surface area contributed by atoms with Crippen LogP contribution in [0, 0.1) is 29.6 Å². The average molecular weight is 455 g/mol. The number of hydrogen-bond acceptors (Lipinski definition) is 7. The summed E-state index contributed by atoms with van der Waals surface area (Å²) in [5, 5.41) is 28.3. The number of hydrogen-bond donors (Lipinski definition) is 0. The van der Waals surface area contributed by atoms with Crippen LogP contribution in [0.3, 0.4) is 0 Å². The number of piperidine rings is 1. The number of nitrogens with zero attached hydrogens (tertiary/aromatic N) is 8. The molecule has 0 unspecified atom stereocenters. The highest BCUT2D eigenvalue weighted by Gasteiger charge is 2.22. The summed E-state index contributed by atoms with van der Waals surface area (Å²) in [5.74, 6) is 0. The highest BCUT2D eigenvalue weighted by Crippen LogP contribution is 2.38. The molecule has 0 amide bonds. The molecule has 4 aromatic rings. The van der Waals surface area contributed by atoms with Crippen molar-refractivity contribution >= 4 is 17.3 Å². The van der Waals surface area contributed by atoms with Gasteiger partial charge in [0.25, 0.3) is 0 Å². The Balaban J connectivity index is 1.60. The van der Waals surface area contributed by atoms with E-state index in [1.54, 1.807) is 23.1 Å². The van der Waals surface area contributed by atoms with Crippen molar-refractivity contribution in [2.24, 2.45) is 0 Å². The SMILES string of the molecule is Cc1c(-c2cc(Sc3ccncc3C#N)c3c(C#N)cnn3c2)cnn1C1CCN(C)CC1. The molecule has 0 aromatic carbocycles. The minimum absolute atomic E-state index is 0.400. The molecule has 0 radical (unpaired) electrons. The smallest absolute Gasteiger partial charge is 0.103 e. The van der Waals surface area contributed by atoms with Gasteiger partial charge in [-0.05, 0) is 52.0 Å². The van der Waals surface area contributed by atoms with E-state index >= 15 is 0 Å². The third kappa shape index (κ3) is 3.86. The summed E-state index contributed by atoms with van der Waals surface area (Å²) in [4.78, 5) is 8.05. The van der Waals surface area contributed by atoms with Crippen molar-refractivity contribution in [3.05, 3.63) is 59.9 Å². The summed E-state index contributed by atoms with van der Waals surface area (Å²) in [7, 11) is 2.16. The minimum Gasteiger partial charge on any atom is -0.306 e. The molecular formula is C24H22N8S. The fraction of sp³-hybridized carbons (Fsp3) is 0.292. The van der Waals surface area contributed by atoms with Gasteiger partial charge in [-0.15, -0.1) is 0 Å². The fourth-order valence-electron chi connectivity index (χ4n) is 4.38. The van der Waals surface area contributed by atoms with Gasteiger partial charge >= 0.3 is 0 Å². The molecule has 1 aliphatic rings. The zero-order chi connectivity index (χ0) is 22.9. The quantitative estimate of drug-likeness (QED) is 0.458. The Kier molecular flexibility index (Phi) is 5.59. The van der Waals surface area contributed by atoms with Crippen molar-refractivity contribution in [3.8, 4) is 23.3 Å². The number of rotatable bonds is 4. The van der Waals surface area contributed by atoms with Gasteiger partial charge in [-0.1, -0.05) is 11.8 Å². The summed E-state index contributed by atoms with van der Waals surface area (Å²) in [6, 6.07) is 8.71. The van der Waals surface area contributed by atoms with Crippen LogP contribution in [0.5, 0.6) is 0 Å². The molecule has 0 saturated carbocycles. The molecule has 4 aromatic heterocycles. The van der Waals surface area contributed by atoms with Crippen LogP contribution < -0.4 is 0 Å². The second-order valence-corrected chi connectivity index (χ2v) is 9.35. The molecule has 0 spiro atoms. The second kappa shape index (κ2) is 8.70. The number of likely N-dealkylation sites (tertiary alicyclic amines) is 1. The van der Waals surface area contributed by atoms with Gasteiger partial charge in [-0.2, -0.15) is 20.7 Å². The van der Waals surface area contributed by atoms with E-state index in [-0.39, 0.29) is 0 Å². The summed E-state index contributed by atoms with van der Waals surface area (Å²) < 4.78 is 3.90.